The van der Waals surface area contributed by atoms with Crippen LogP contribution in [0.1, 0.15) is 39.2 Å². The van der Waals surface area contributed by atoms with Gasteiger partial charge in [0, 0.05) is 5.69 Å². The molecule has 0 N–H and O–H groups in total. The summed E-state index contributed by atoms with van der Waals surface area (Å²) in [4.78, 5) is 2.36. The van der Waals surface area contributed by atoms with Gasteiger partial charge in [-0.05, 0) is 61.1 Å². The molecule has 4 rings (SSSR count). The largest absolute Gasteiger partial charge is 0.453 e. The van der Waals surface area contributed by atoms with Crippen molar-refractivity contribution >= 4 is 11.4 Å². The van der Waals surface area contributed by atoms with Crippen LogP contribution >= 0.6 is 0 Å². The highest BCUT2D eigenvalue weighted by Gasteiger charge is 2.31. The molecule has 0 saturated heterocycles. The van der Waals surface area contributed by atoms with E-state index in [1.807, 2.05) is 0 Å². The molecule has 0 atom stereocenters. The van der Waals surface area contributed by atoms with Crippen molar-refractivity contribution < 1.29 is 4.74 Å². The lowest BCUT2D eigenvalue weighted by Crippen LogP contribution is -2.27. The first kappa shape index (κ1) is 16.0. The Labute approximate surface area is 150 Å². The second-order valence-electron chi connectivity index (χ2n) is 7.97. The molecule has 2 aromatic rings. The molecule has 2 heteroatoms. The van der Waals surface area contributed by atoms with Gasteiger partial charge in [-0.3, -0.25) is 0 Å². The summed E-state index contributed by atoms with van der Waals surface area (Å²) in [5.74, 6) is 1.94. The molecular weight excluding hydrogens is 306 g/mol. The molecule has 128 valence electrons. The molecule has 1 heterocycles. The van der Waals surface area contributed by atoms with Crippen molar-refractivity contribution in [3.63, 3.8) is 0 Å². The zero-order chi connectivity index (χ0) is 17.6. The van der Waals surface area contributed by atoms with E-state index in [1.54, 1.807) is 0 Å². The van der Waals surface area contributed by atoms with E-state index in [1.165, 1.54) is 22.5 Å². The van der Waals surface area contributed by atoms with E-state index < -0.39 is 0 Å². The van der Waals surface area contributed by atoms with E-state index in [0.29, 0.717) is 0 Å². The number of para-hydroxylation sites is 1. The molecule has 0 aromatic heterocycles. The minimum Gasteiger partial charge on any atom is -0.453 e. The molecule has 1 aliphatic heterocycles. The molecule has 2 aromatic carbocycles. The van der Waals surface area contributed by atoms with Crippen LogP contribution in [0, 0.1) is 12.3 Å². The Balaban J connectivity index is 1.89. The molecule has 2 aliphatic rings. The van der Waals surface area contributed by atoms with E-state index >= 15 is 0 Å². The number of allylic oxidation sites excluding steroid dienone is 3. The van der Waals surface area contributed by atoms with Crippen molar-refractivity contribution in [2.24, 2.45) is 5.41 Å². The van der Waals surface area contributed by atoms with Gasteiger partial charge in [-0.2, -0.15) is 0 Å². The predicted octanol–water partition coefficient (Wildman–Crippen LogP) is 6.50. The fraction of sp³-hybridized carbons (Fsp3) is 0.304. The molecule has 25 heavy (non-hydrogen) atoms. The van der Waals surface area contributed by atoms with Crippen LogP contribution in [0.2, 0.25) is 0 Å². The molecule has 0 radical (unpaired) electrons. The summed E-state index contributed by atoms with van der Waals surface area (Å²) in [7, 11) is 0. The molecule has 1 aliphatic carbocycles. The highest BCUT2D eigenvalue weighted by Crippen LogP contribution is 2.47. The van der Waals surface area contributed by atoms with Crippen molar-refractivity contribution in [1.29, 1.82) is 0 Å². The van der Waals surface area contributed by atoms with Crippen LogP contribution in [-0.4, -0.2) is 0 Å². The van der Waals surface area contributed by atoms with Gasteiger partial charge in [0.05, 0.1) is 11.4 Å². The number of benzene rings is 2. The molecule has 0 saturated carbocycles. The van der Waals surface area contributed by atoms with E-state index in [2.05, 4.69) is 87.2 Å². The Morgan fingerprint density at radius 1 is 0.960 bits per heavy atom. The summed E-state index contributed by atoms with van der Waals surface area (Å²) in [5, 5.41) is 0. The van der Waals surface area contributed by atoms with Crippen molar-refractivity contribution in [3.05, 3.63) is 77.2 Å². The SMILES string of the molecule is Cc1ccc2c(c1)OC1=C(CCC(C(C)(C)C)=C1)N2c1ccccc1. The highest BCUT2D eigenvalue weighted by molar-refractivity contribution is 5.77. The van der Waals surface area contributed by atoms with Gasteiger partial charge in [-0.25, -0.2) is 0 Å². The van der Waals surface area contributed by atoms with Crippen LogP contribution in [0.3, 0.4) is 0 Å². The fourth-order valence-electron chi connectivity index (χ4n) is 3.62. The lowest BCUT2D eigenvalue weighted by molar-refractivity contribution is 0.403. The van der Waals surface area contributed by atoms with Crippen LogP contribution < -0.4 is 9.64 Å². The molecule has 2 nitrogen and oxygen atoms in total. The predicted molar refractivity (Wildman–Crippen MR) is 104 cm³/mol. The minimum absolute atomic E-state index is 0.173. The number of anilines is 2. The summed E-state index contributed by atoms with van der Waals surface area (Å²) < 4.78 is 6.36. The Kier molecular flexibility index (Phi) is 3.72. The number of aryl methyl sites for hydroxylation is 1. The first-order valence-corrected chi connectivity index (χ1v) is 9.01. The lowest BCUT2D eigenvalue weighted by atomic mass is 9.80. The van der Waals surface area contributed by atoms with Crippen molar-refractivity contribution in [2.75, 3.05) is 4.90 Å². The minimum atomic E-state index is 0.173. The molecule has 0 amide bonds. The number of hydrogen-bond acceptors (Lipinski definition) is 2. The zero-order valence-corrected chi connectivity index (χ0v) is 15.5. The van der Waals surface area contributed by atoms with Crippen LogP contribution in [0.15, 0.2) is 71.6 Å². The summed E-state index contributed by atoms with van der Waals surface area (Å²) >= 11 is 0. The maximum atomic E-state index is 6.36. The maximum absolute atomic E-state index is 6.36. The number of hydrogen-bond donors (Lipinski definition) is 0. The first-order chi connectivity index (χ1) is 11.9. The standard InChI is InChI=1S/C23H25NO/c1-16-10-12-19-21(14-16)25-22-15-17(23(2,3)4)11-13-20(22)24(19)18-8-6-5-7-9-18/h5-10,12,14-15H,11,13H2,1-4H3. The van der Waals surface area contributed by atoms with Gasteiger partial charge in [-0.15, -0.1) is 0 Å². The average Bonchev–Trinajstić information content (AvgIpc) is 2.59. The summed E-state index contributed by atoms with van der Waals surface area (Å²) in [6.07, 6.45) is 4.34. The van der Waals surface area contributed by atoms with Crippen LogP contribution in [0.4, 0.5) is 11.4 Å². The third kappa shape index (κ3) is 2.86. The van der Waals surface area contributed by atoms with Gasteiger partial charge >= 0.3 is 0 Å². The van der Waals surface area contributed by atoms with Gasteiger partial charge in [0.25, 0.3) is 0 Å². The summed E-state index contributed by atoms with van der Waals surface area (Å²) in [6.45, 7) is 8.94. The zero-order valence-electron chi connectivity index (χ0n) is 15.5. The lowest BCUT2D eigenvalue weighted by Gasteiger charge is -2.38. The third-order valence-corrected chi connectivity index (χ3v) is 5.04. The number of nitrogens with zero attached hydrogens (tertiary/aromatic N) is 1. The Morgan fingerprint density at radius 3 is 2.44 bits per heavy atom. The Morgan fingerprint density at radius 2 is 1.72 bits per heavy atom. The van der Waals surface area contributed by atoms with Crippen molar-refractivity contribution in [3.8, 4) is 5.75 Å². The van der Waals surface area contributed by atoms with Crippen LogP contribution in [0.5, 0.6) is 5.75 Å². The van der Waals surface area contributed by atoms with Gasteiger partial charge in [0.15, 0.2) is 5.75 Å². The fourth-order valence-corrected chi connectivity index (χ4v) is 3.62. The van der Waals surface area contributed by atoms with Crippen LogP contribution in [0.25, 0.3) is 0 Å². The molecule has 0 bridgehead atoms. The number of rotatable bonds is 1. The second-order valence-corrected chi connectivity index (χ2v) is 7.97. The maximum Gasteiger partial charge on any atom is 0.151 e. The molecule has 0 unspecified atom stereocenters. The third-order valence-electron chi connectivity index (χ3n) is 5.04. The monoisotopic (exact) mass is 331 g/mol. The van der Waals surface area contributed by atoms with Crippen molar-refractivity contribution in [1.82, 2.24) is 0 Å². The second kappa shape index (κ2) is 5.80. The average molecular weight is 331 g/mol. The summed E-state index contributed by atoms with van der Waals surface area (Å²) in [5.41, 5.74) is 6.42. The van der Waals surface area contributed by atoms with E-state index in [9.17, 15) is 0 Å². The Hall–Kier alpha value is -2.48. The highest BCUT2D eigenvalue weighted by atomic mass is 16.5. The normalized spacial score (nSPS) is 16.8. The number of fused-ring (bicyclic) bond motifs is 1. The van der Waals surface area contributed by atoms with Crippen LogP contribution in [-0.2, 0) is 0 Å². The van der Waals surface area contributed by atoms with E-state index in [4.69, 9.17) is 4.74 Å². The molecule has 0 spiro atoms. The van der Waals surface area contributed by atoms with E-state index in [0.717, 1.165) is 30.0 Å². The quantitative estimate of drug-likeness (QED) is 0.591. The first-order valence-electron chi connectivity index (χ1n) is 9.01. The van der Waals surface area contributed by atoms with Gasteiger partial charge < -0.3 is 9.64 Å². The van der Waals surface area contributed by atoms with E-state index in [-0.39, 0.29) is 5.41 Å². The van der Waals surface area contributed by atoms with Crippen molar-refractivity contribution in [2.45, 2.75) is 40.5 Å². The van der Waals surface area contributed by atoms with Gasteiger partial charge in [0.1, 0.15) is 5.76 Å². The number of ether oxygens (including phenoxy) is 1. The molecular formula is C23H25NO. The Bertz CT molecular complexity index is 869. The smallest absolute Gasteiger partial charge is 0.151 e. The van der Waals surface area contributed by atoms with Gasteiger partial charge in [-0.1, -0.05) is 50.6 Å². The van der Waals surface area contributed by atoms with Gasteiger partial charge in [0.2, 0.25) is 0 Å². The topological polar surface area (TPSA) is 12.5 Å². The molecule has 0 fully saturated rings. The summed E-state index contributed by atoms with van der Waals surface area (Å²) in [6, 6.07) is 17.1.